The van der Waals surface area contributed by atoms with Gasteiger partial charge in [0.15, 0.2) is 0 Å². The highest BCUT2D eigenvalue weighted by Crippen LogP contribution is 2.22. The first-order chi connectivity index (χ1) is 8.20. The van der Waals surface area contributed by atoms with E-state index in [1.807, 2.05) is 37.3 Å². The Hall–Kier alpha value is -1.53. The molecule has 0 aliphatic carbocycles. The Kier molecular flexibility index (Phi) is 3.65. The molecule has 2 aromatic rings. The van der Waals surface area contributed by atoms with E-state index in [1.54, 1.807) is 0 Å². The van der Waals surface area contributed by atoms with Gasteiger partial charge in [-0.1, -0.05) is 38.9 Å². The summed E-state index contributed by atoms with van der Waals surface area (Å²) in [6.45, 7) is 4.16. The zero-order chi connectivity index (χ0) is 12.3. The maximum absolute atomic E-state index is 8.87. The largest absolute Gasteiger partial charge is 0.706 e. The second-order valence-corrected chi connectivity index (χ2v) is 5.39. The molecule has 3 heteroatoms. The molecule has 2 aromatic carbocycles. The van der Waals surface area contributed by atoms with Crippen molar-refractivity contribution in [1.82, 2.24) is 0 Å². The standard InChI is InChI=1S/C14H14N2P/c1-10-8-12(16-15)9-14(11(10)2)17-13-6-4-3-5-7-13/h3-9,17H,1-2H3/q-1. The molecule has 0 amide bonds. The number of benzene rings is 2. The first-order valence-corrected chi connectivity index (χ1v) is 6.49. The smallest absolute Gasteiger partial charge is 0.0405 e. The van der Waals surface area contributed by atoms with Gasteiger partial charge in [0.05, 0.1) is 0 Å². The average molecular weight is 241 g/mol. The first-order valence-electron chi connectivity index (χ1n) is 5.49. The summed E-state index contributed by atoms with van der Waals surface area (Å²) >= 11 is 0. The molecule has 1 atom stereocenters. The van der Waals surface area contributed by atoms with Crippen LogP contribution in [0.3, 0.4) is 0 Å². The van der Waals surface area contributed by atoms with Crippen LogP contribution in [0.1, 0.15) is 11.1 Å². The van der Waals surface area contributed by atoms with Gasteiger partial charge >= 0.3 is 0 Å². The molecule has 0 aliphatic heterocycles. The van der Waals surface area contributed by atoms with E-state index in [2.05, 4.69) is 24.2 Å². The highest BCUT2D eigenvalue weighted by atomic mass is 31.1. The van der Waals surface area contributed by atoms with Gasteiger partial charge in [0, 0.05) is 5.69 Å². The van der Waals surface area contributed by atoms with Crippen LogP contribution >= 0.6 is 8.58 Å². The number of rotatable bonds is 3. The molecule has 2 rings (SSSR count). The Morgan fingerprint density at radius 3 is 2.41 bits per heavy atom. The van der Waals surface area contributed by atoms with Crippen molar-refractivity contribution in [3.63, 3.8) is 0 Å². The van der Waals surface area contributed by atoms with Crippen LogP contribution in [-0.4, -0.2) is 0 Å². The summed E-state index contributed by atoms with van der Waals surface area (Å²) in [5.41, 5.74) is 11.9. The van der Waals surface area contributed by atoms with Crippen molar-refractivity contribution in [1.29, 1.82) is 0 Å². The summed E-state index contributed by atoms with van der Waals surface area (Å²) in [6.07, 6.45) is 0. The first kappa shape index (κ1) is 11.9. The second-order valence-electron chi connectivity index (χ2n) is 4.03. The van der Waals surface area contributed by atoms with Gasteiger partial charge in [-0.25, -0.2) is 0 Å². The SMILES string of the molecule is Cc1cc(N=[N-])cc(Pc2ccccc2)c1C. The Balaban J connectivity index is 2.38. The van der Waals surface area contributed by atoms with E-state index in [0.717, 1.165) is 0 Å². The molecule has 0 saturated heterocycles. The van der Waals surface area contributed by atoms with Gasteiger partial charge in [-0.05, 0) is 47.7 Å². The van der Waals surface area contributed by atoms with Crippen molar-refractivity contribution in [2.45, 2.75) is 13.8 Å². The van der Waals surface area contributed by atoms with Crippen LogP contribution in [0, 0.1) is 13.8 Å². The van der Waals surface area contributed by atoms with Crippen molar-refractivity contribution < 1.29 is 0 Å². The van der Waals surface area contributed by atoms with Crippen molar-refractivity contribution >= 4 is 24.9 Å². The lowest BCUT2D eigenvalue weighted by Crippen LogP contribution is -2.07. The molecule has 0 N–H and O–H groups in total. The average Bonchev–Trinajstić information content (AvgIpc) is 2.36. The lowest BCUT2D eigenvalue weighted by molar-refractivity contribution is 1.35. The van der Waals surface area contributed by atoms with Crippen molar-refractivity contribution in [3.8, 4) is 0 Å². The third-order valence-electron chi connectivity index (χ3n) is 2.82. The number of hydrogen-bond acceptors (Lipinski definition) is 1. The van der Waals surface area contributed by atoms with E-state index in [0.29, 0.717) is 14.3 Å². The molecule has 0 heterocycles. The van der Waals surface area contributed by atoms with E-state index in [-0.39, 0.29) is 0 Å². The molecule has 17 heavy (non-hydrogen) atoms. The quantitative estimate of drug-likeness (QED) is 0.581. The summed E-state index contributed by atoms with van der Waals surface area (Å²) in [5.74, 6) is 0. The van der Waals surface area contributed by atoms with E-state index in [4.69, 9.17) is 5.53 Å². The molecule has 0 saturated carbocycles. The summed E-state index contributed by atoms with van der Waals surface area (Å²) < 4.78 is 0. The fourth-order valence-corrected chi connectivity index (χ4v) is 2.98. The predicted molar refractivity (Wildman–Crippen MR) is 75.4 cm³/mol. The minimum Gasteiger partial charge on any atom is -0.706 e. The highest BCUT2D eigenvalue weighted by molar-refractivity contribution is 7.55. The zero-order valence-corrected chi connectivity index (χ0v) is 10.9. The van der Waals surface area contributed by atoms with Gasteiger partial charge in [-0.2, -0.15) is 0 Å². The van der Waals surface area contributed by atoms with Crippen molar-refractivity contribution in [2.24, 2.45) is 5.11 Å². The fraction of sp³-hybridized carbons (Fsp3) is 0.143. The molecule has 0 spiro atoms. The summed E-state index contributed by atoms with van der Waals surface area (Å²) in [5, 5.41) is 5.82. The number of aryl methyl sites for hydroxylation is 1. The third kappa shape index (κ3) is 2.78. The lowest BCUT2D eigenvalue weighted by Gasteiger charge is -2.11. The molecule has 0 radical (unpaired) electrons. The Morgan fingerprint density at radius 1 is 1.06 bits per heavy atom. The molecule has 0 aliphatic rings. The topological polar surface area (TPSA) is 34.7 Å². The van der Waals surface area contributed by atoms with Gasteiger partial charge < -0.3 is 10.6 Å². The Bertz CT molecular complexity index is 535. The number of hydrogen-bond donors (Lipinski definition) is 0. The van der Waals surface area contributed by atoms with Gasteiger partial charge in [-0.3, -0.25) is 0 Å². The lowest BCUT2D eigenvalue weighted by atomic mass is 10.1. The Labute approximate surface area is 103 Å². The molecule has 0 bridgehead atoms. The molecular formula is C14H14N2P-. The minimum absolute atomic E-state index is 0.600. The van der Waals surface area contributed by atoms with E-state index >= 15 is 0 Å². The van der Waals surface area contributed by atoms with Crippen LogP contribution < -0.4 is 10.6 Å². The van der Waals surface area contributed by atoms with Crippen LogP contribution in [0.2, 0.25) is 0 Å². The summed E-state index contributed by atoms with van der Waals surface area (Å²) in [4.78, 5) is 0. The highest BCUT2D eigenvalue weighted by Gasteiger charge is 2.04. The molecule has 0 aromatic heterocycles. The maximum Gasteiger partial charge on any atom is 0.0405 e. The monoisotopic (exact) mass is 241 g/mol. The fourth-order valence-electron chi connectivity index (χ4n) is 1.70. The summed E-state index contributed by atoms with van der Waals surface area (Å²) in [7, 11) is 0.600. The van der Waals surface area contributed by atoms with Crippen LogP contribution in [-0.2, 0) is 0 Å². The van der Waals surface area contributed by atoms with Crippen LogP contribution in [0.4, 0.5) is 5.69 Å². The zero-order valence-electron chi connectivity index (χ0n) is 9.94. The Morgan fingerprint density at radius 2 is 1.76 bits per heavy atom. The second kappa shape index (κ2) is 5.20. The number of nitrogens with zero attached hydrogens (tertiary/aromatic N) is 2. The van der Waals surface area contributed by atoms with Crippen molar-refractivity contribution in [2.75, 3.05) is 0 Å². The van der Waals surface area contributed by atoms with E-state index in [1.165, 1.54) is 21.7 Å². The predicted octanol–water partition coefficient (Wildman–Crippen LogP) is 3.59. The van der Waals surface area contributed by atoms with Gasteiger partial charge in [-0.15, -0.1) is 0 Å². The molecule has 86 valence electrons. The van der Waals surface area contributed by atoms with E-state index < -0.39 is 0 Å². The third-order valence-corrected chi connectivity index (χ3v) is 4.23. The van der Waals surface area contributed by atoms with Gasteiger partial charge in [0.2, 0.25) is 0 Å². The van der Waals surface area contributed by atoms with Crippen molar-refractivity contribution in [3.05, 3.63) is 59.1 Å². The summed E-state index contributed by atoms with van der Waals surface area (Å²) in [6, 6.07) is 14.2. The van der Waals surface area contributed by atoms with Crippen LogP contribution in [0.5, 0.6) is 0 Å². The molecule has 2 nitrogen and oxygen atoms in total. The van der Waals surface area contributed by atoms with Crippen LogP contribution in [0.15, 0.2) is 47.6 Å². The van der Waals surface area contributed by atoms with Gasteiger partial charge in [0.1, 0.15) is 0 Å². The van der Waals surface area contributed by atoms with E-state index in [9.17, 15) is 0 Å². The maximum atomic E-state index is 8.87. The minimum atomic E-state index is 0.600. The van der Waals surface area contributed by atoms with Crippen LogP contribution in [0.25, 0.3) is 5.53 Å². The molecular weight excluding hydrogens is 227 g/mol. The molecule has 0 fully saturated rings. The normalized spacial score (nSPS) is 10.9. The molecule has 1 unspecified atom stereocenters. The van der Waals surface area contributed by atoms with Gasteiger partial charge in [0.25, 0.3) is 0 Å².